The summed E-state index contributed by atoms with van der Waals surface area (Å²) < 4.78 is 7.30. The van der Waals surface area contributed by atoms with Gasteiger partial charge in [-0.3, -0.25) is 4.79 Å². The molecule has 1 aliphatic rings. The fourth-order valence-corrected chi connectivity index (χ4v) is 2.62. The number of morpholine rings is 1. The molecule has 0 radical (unpaired) electrons. The van der Waals surface area contributed by atoms with E-state index in [1.54, 1.807) is 0 Å². The Bertz CT molecular complexity index is 432. The van der Waals surface area contributed by atoms with Crippen molar-refractivity contribution in [3.05, 3.63) is 5.82 Å². The number of hydrogen-bond donors (Lipinski definition) is 1. The third-order valence-electron chi connectivity index (χ3n) is 2.75. The van der Waals surface area contributed by atoms with Crippen LogP contribution >= 0.6 is 11.8 Å². The molecule has 1 aliphatic heterocycles. The van der Waals surface area contributed by atoms with E-state index in [4.69, 9.17) is 9.84 Å². The lowest BCUT2D eigenvalue weighted by Crippen LogP contribution is -2.45. The lowest BCUT2D eigenvalue weighted by Gasteiger charge is -2.31. The lowest BCUT2D eigenvalue weighted by atomic mass is 10.3. The second kappa shape index (κ2) is 6.76. The minimum absolute atomic E-state index is 0.00536. The van der Waals surface area contributed by atoms with E-state index < -0.39 is 5.97 Å². The summed E-state index contributed by atoms with van der Waals surface area (Å²) in [5, 5.41) is 19.8. The van der Waals surface area contributed by atoms with Crippen LogP contribution in [0, 0.1) is 0 Å². The quantitative estimate of drug-likeness (QED) is 0.757. The van der Waals surface area contributed by atoms with Crippen molar-refractivity contribution in [2.24, 2.45) is 0 Å². The number of carboxylic acid groups (broad SMARTS) is 1. The van der Waals surface area contributed by atoms with Gasteiger partial charge >= 0.3 is 5.97 Å². The van der Waals surface area contributed by atoms with Crippen molar-refractivity contribution in [2.75, 3.05) is 37.1 Å². The highest BCUT2D eigenvalue weighted by molar-refractivity contribution is 7.99. The zero-order chi connectivity index (χ0) is 13.7. The van der Waals surface area contributed by atoms with Gasteiger partial charge in [-0.05, 0) is 6.42 Å². The summed E-state index contributed by atoms with van der Waals surface area (Å²) in [4.78, 5) is 10.7. The van der Waals surface area contributed by atoms with Crippen molar-refractivity contribution in [1.82, 2.24) is 14.9 Å². The molecule has 0 amide bonds. The van der Waals surface area contributed by atoms with Crippen LogP contribution in [0.15, 0.2) is 5.16 Å². The van der Waals surface area contributed by atoms with Crippen molar-refractivity contribution >= 4 is 17.7 Å². The second-order valence-electron chi connectivity index (χ2n) is 4.21. The number of rotatable bonds is 6. The van der Waals surface area contributed by atoms with Gasteiger partial charge in [0.15, 0.2) is 5.82 Å². The van der Waals surface area contributed by atoms with Crippen LogP contribution < -0.4 is 5.01 Å². The Morgan fingerprint density at radius 2 is 2.16 bits per heavy atom. The number of thioether (sulfide) groups is 1. The Morgan fingerprint density at radius 1 is 1.42 bits per heavy atom. The maximum atomic E-state index is 10.7. The van der Waals surface area contributed by atoms with Gasteiger partial charge in [0.1, 0.15) is 0 Å². The van der Waals surface area contributed by atoms with E-state index in [0.29, 0.717) is 18.4 Å². The summed E-state index contributed by atoms with van der Waals surface area (Å²) in [7, 11) is 0. The van der Waals surface area contributed by atoms with E-state index in [9.17, 15) is 4.79 Å². The van der Waals surface area contributed by atoms with Crippen LogP contribution in [-0.4, -0.2) is 58.0 Å². The van der Waals surface area contributed by atoms with E-state index >= 15 is 0 Å². The summed E-state index contributed by atoms with van der Waals surface area (Å²) in [6.45, 7) is 4.98. The van der Waals surface area contributed by atoms with Crippen molar-refractivity contribution in [3.63, 3.8) is 0 Å². The number of carboxylic acids is 1. The van der Waals surface area contributed by atoms with Gasteiger partial charge in [-0.25, -0.2) is 4.68 Å². The first-order chi connectivity index (χ1) is 9.22. The predicted molar refractivity (Wildman–Crippen MR) is 71.1 cm³/mol. The summed E-state index contributed by atoms with van der Waals surface area (Å²) in [6, 6.07) is 0. The molecule has 0 aliphatic carbocycles. The molecule has 0 saturated carbocycles. The molecule has 1 saturated heterocycles. The van der Waals surface area contributed by atoms with Crippen LogP contribution in [-0.2, 0) is 16.0 Å². The molecule has 1 fully saturated rings. The van der Waals surface area contributed by atoms with Crippen molar-refractivity contribution < 1.29 is 14.6 Å². The van der Waals surface area contributed by atoms with Gasteiger partial charge < -0.3 is 14.9 Å². The first kappa shape index (κ1) is 14.1. The summed E-state index contributed by atoms with van der Waals surface area (Å²) >= 11 is 1.20. The summed E-state index contributed by atoms with van der Waals surface area (Å²) in [5.74, 6) is 0.0325. The van der Waals surface area contributed by atoms with E-state index in [-0.39, 0.29) is 5.75 Å². The second-order valence-corrected chi connectivity index (χ2v) is 5.15. The smallest absolute Gasteiger partial charge is 0.313 e. The average molecular weight is 286 g/mol. The standard InChI is InChI=1S/C11H18N4O3S/c1-2-3-9-12-13-11(19-8-10(16)17)15(9)14-4-6-18-7-5-14/h2-8H2,1H3,(H,16,17). The summed E-state index contributed by atoms with van der Waals surface area (Å²) in [6.07, 6.45) is 1.81. The van der Waals surface area contributed by atoms with E-state index in [0.717, 1.165) is 31.8 Å². The molecule has 0 aromatic carbocycles. The molecule has 106 valence electrons. The maximum Gasteiger partial charge on any atom is 0.313 e. The van der Waals surface area contributed by atoms with Gasteiger partial charge in [0.2, 0.25) is 5.16 Å². The molecule has 1 aromatic heterocycles. The highest BCUT2D eigenvalue weighted by Crippen LogP contribution is 2.18. The van der Waals surface area contributed by atoms with E-state index in [1.165, 1.54) is 11.8 Å². The van der Waals surface area contributed by atoms with Gasteiger partial charge in [0, 0.05) is 6.42 Å². The Morgan fingerprint density at radius 3 is 2.79 bits per heavy atom. The van der Waals surface area contributed by atoms with Gasteiger partial charge in [0.05, 0.1) is 32.1 Å². The van der Waals surface area contributed by atoms with Crippen molar-refractivity contribution in [3.8, 4) is 0 Å². The molecule has 0 atom stereocenters. The van der Waals surface area contributed by atoms with Crippen LogP contribution in [0.2, 0.25) is 0 Å². The zero-order valence-corrected chi connectivity index (χ0v) is 11.7. The van der Waals surface area contributed by atoms with Gasteiger partial charge in [-0.2, -0.15) is 0 Å². The Labute approximate surface area is 115 Å². The monoisotopic (exact) mass is 286 g/mol. The van der Waals surface area contributed by atoms with Crippen LogP contribution in [0.1, 0.15) is 19.2 Å². The number of ether oxygens (including phenoxy) is 1. The van der Waals surface area contributed by atoms with Crippen LogP contribution in [0.3, 0.4) is 0 Å². The number of nitrogens with zero attached hydrogens (tertiary/aromatic N) is 4. The number of hydrogen-bond acceptors (Lipinski definition) is 6. The zero-order valence-electron chi connectivity index (χ0n) is 10.9. The molecule has 7 nitrogen and oxygen atoms in total. The Hall–Kier alpha value is -1.28. The number of aryl methyl sites for hydroxylation is 1. The van der Waals surface area contributed by atoms with Crippen molar-refractivity contribution in [1.29, 1.82) is 0 Å². The third-order valence-corrected chi connectivity index (χ3v) is 3.65. The van der Waals surface area contributed by atoms with Gasteiger partial charge in [-0.15, -0.1) is 10.2 Å². The Kier molecular flexibility index (Phi) is 5.03. The molecule has 1 N–H and O–H groups in total. The third kappa shape index (κ3) is 3.60. The molecule has 0 bridgehead atoms. The molecule has 8 heteroatoms. The first-order valence-corrected chi connectivity index (χ1v) is 7.32. The highest BCUT2D eigenvalue weighted by atomic mass is 32.2. The fraction of sp³-hybridized carbons (Fsp3) is 0.727. The molecule has 0 unspecified atom stereocenters. The number of carbonyl (C=O) groups is 1. The van der Waals surface area contributed by atoms with Crippen LogP contribution in [0.25, 0.3) is 0 Å². The largest absolute Gasteiger partial charge is 0.481 e. The van der Waals surface area contributed by atoms with E-state index in [1.807, 2.05) is 4.68 Å². The molecular weight excluding hydrogens is 268 g/mol. The predicted octanol–water partition coefficient (Wildman–Crippen LogP) is 0.375. The molecule has 2 heterocycles. The normalized spacial score (nSPS) is 15.7. The molecule has 19 heavy (non-hydrogen) atoms. The number of aliphatic carboxylic acids is 1. The van der Waals surface area contributed by atoms with Gasteiger partial charge in [-0.1, -0.05) is 18.7 Å². The van der Waals surface area contributed by atoms with Crippen LogP contribution in [0.5, 0.6) is 0 Å². The molecule has 2 rings (SSSR count). The average Bonchev–Trinajstić information content (AvgIpc) is 2.81. The van der Waals surface area contributed by atoms with Crippen molar-refractivity contribution in [2.45, 2.75) is 24.9 Å². The van der Waals surface area contributed by atoms with Gasteiger partial charge in [0.25, 0.3) is 0 Å². The molecule has 0 spiro atoms. The summed E-state index contributed by atoms with van der Waals surface area (Å²) in [5.41, 5.74) is 0. The molecular formula is C11H18N4O3S. The van der Waals surface area contributed by atoms with Crippen LogP contribution in [0.4, 0.5) is 0 Å². The molecule has 1 aromatic rings. The number of aromatic nitrogens is 3. The first-order valence-electron chi connectivity index (χ1n) is 6.34. The SMILES string of the molecule is CCCc1nnc(SCC(=O)O)n1N1CCOCC1. The Balaban J connectivity index is 2.18. The maximum absolute atomic E-state index is 10.7. The lowest BCUT2D eigenvalue weighted by molar-refractivity contribution is -0.133. The minimum Gasteiger partial charge on any atom is -0.481 e. The highest BCUT2D eigenvalue weighted by Gasteiger charge is 2.20. The van der Waals surface area contributed by atoms with E-state index in [2.05, 4.69) is 22.1 Å². The fourth-order valence-electron chi connectivity index (χ4n) is 1.93. The minimum atomic E-state index is -0.849. The topological polar surface area (TPSA) is 80.5 Å².